The van der Waals surface area contributed by atoms with Gasteiger partial charge in [0.2, 0.25) is 0 Å². The molecule has 2 rings (SSSR count). The highest BCUT2D eigenvalue weighted by Crippen LogP contribution is 2.33. The van der Waals surface area contributed by atoms with Crippen molar-refractivity contribution in [2.75, 3.05) is 6.61 Å². The first-order chi connectivity index (χ1) is 10.9. The van der Waals surface area contributed by atoms with Gasteiger partial charge in [0.25, 0.3) is 5.91 Å². The average molecular weight is 393 g/mol. The van der Waals surface area contributed by atoms with E-state index in [1.165, 1.54) is 12.1 Å². The topological polar surface area (TPSA) is 38.3 Å². The Balaban J connectivity index is 1.95. The number of carbonyl (C=O) groups is 1. The summed E-state index contributed by atoms with van der Waals surface area (Å²) in [5.74, 6) is -0.0128. The molecule has 0 spiro atoms. The van der Waals surface area contributed by atoms with Crippen LogP contribution in [-0.4, -0.2) is 12.5 Å². The van der Waals surface area contributed by atoms with E-state index in [4.69, 9.17) is 51.1 Å². The molecular formula is C16H13Cl4NO2. The fourth-order valence-electron chi connectivity index (χ4n) is 1.95. The molecular weight excluding hydrogens is 380 g/mol. The molecule has 3 nitrogen and oxygen atoms in total. The normalized spacial score (nSPS) is 11.9. The third-order valence-electron chi connectivity index (χ3n) is 3.08. The third kappa shape index (κ3) is 4.92. The molecule has 23 heavy (non-hydrogen) atoms. The highest BCUT2D eigenvalue weighted by atomic mass is 35.5. The van der Waals surface area contributed by atoms with Crippen molar-refractivity contribution in [3.63, 3.8) is 0 Å². The number of benzene rings is 2. The zero-order valence-corrected chi connectivity index (χ0v) is 15.1. The van der Waals surface area contributed by atoms with Crippen molar-refractivity contribution in [2.24, 2.45) is 0 Å². The van der Waals surface area contributed by atoms with Crippen molar-refractivity contribution in [1.82, 2.24) is 5.32 Å². The van der Waals surface area contributed by atoms with Gasteiger partial charge < -0.3 is 10.1 Å². The van der Waals surface area contributed by atoms with Gasteiger partial charge in [-0.05, 0) is 24.6 Å². The predicted molar refractivity (Wildman–Crippen MR) is 95.0 cm³/mol. The van der Waals surface area contributed by atoms with E-state index in [0.717, 1.165) is 5.56 Å². The fourth-order valence-corrected chi connectivity index (χ4v) is 2.84. The molecule has 0 aliphatic heterocycles. The maximum absolute atomic E-state index is 12.0. The van der Waals surface area contributed by atoms with Gasteiger partial charge in [-0.25, -0.2) is 0 Å². The monoisotopic (exact) mass is 391 g/mol. The van der Waals surface area contributed by atoms with Gasteiger partial charge in [-0.1, -0.05) is 64.6 Å². The molecule has 0 aromatic heterocycles. The minimum Gasteiger partial charge on any atom is -0.482 e. The van der Waals surface area contributed by atoms with Crippen molar-refractivity contribution >= 4 is 52.3 Å². The van der Waals surface area contributed by atoms with Crippen molar-refractivity contribution in [3.8, 4) is 5.75 Å². The van der Waals surface area contributed by atoms with Crippen LogP contribution in [0, 0.1) is 0 Å². The van der Waals surface area contributed by atoms with Gasteiger partial charge in [0.05, 0.1) is 21.1 Å². The molecule has 7 heteroatoms. The van der Waals surface area contributed by atoms with Gasteiger partial charge in [0.15, 0.2) is 6.61 Å². The summed E-state index contributed by atoms with van der Waals surface area (Å²) in [6, 6.07) is 9.99. The van der Waals surface area contributed by atoms with Crippen LogP contribution in [0.3, 0.4) is 0 Å². The standard InChI is InChI=1S/C16H13Cl4NO2/c1-9(10-4-2-3-5-11(10)17)21-16(22)8-23-15-7-13(19)12(18)6-14(15)20/h2-7,9H,8H2,1H3,(H,21,22)/t9-/m0/s1. The van der Waals surface area contributed by atoms with Crippen molar-refractivity contribution in [2.45, 2.75) is 13.0 Å². The SMILES string of the molecule is C[C@H](NC(=O)COc1cc(Cl)c(Cl)cc1Cl)c1ccccc1Cl. The summed E-state index contributed by atoms with van der Waals surface area (Å²) in [6.07, 6.45) is 0. The second-order valence-electron chi connectivity index (χ2n) is 4.80. The molecule has 1 atom stereocenters. The van der Waals surface area contributed by atoms with E-state index >= 15 is 0 Å². The molecule has 0 saturated carbocycles. The molecule has 0 heterocycles. The maximum atomic E-state index is 12.0. The Labute approximate surface area is 154 Å². The minimum atomic E-state index is -0.306. The Kier molecular flexibility index (Phi) is 6.42. The van der Waals surface area contributed by atoms with Crippen LogP contribution in [0.5, 0.6) is 5.75 Å². The van der Waals surface area contributed by atoms with Gasteiger partial charge >= 0.3 is 0 Å². The number of nitrogens with one attached hydrogen (secondary N) is 1. The van der Waals surface area contributed by atoms with Crippen LogP contribution in [0.25, 0.3) is 0 Å². The summed E-state index contributed by atoms with van der Waals surface area (Å²) in [6.45, 7) is 1.64. The summed E-state index contributed by atoms with van der Waals surface area (Å²) in [7, 11) is 0. The smallest absolute Gasteiger partial charge is 0.258 e. The molecule has 0 aliphatic carbocycles. The summed E-state index contributed by atoms with van der Waals surface area (Å²) in [5.41, 5.74) is 0.829. The Bertz CT molecular complexity index is 721. The number of hydrogen-bond donors (Lipinski definition) is 1. The molecule has 122 valence electrons. The summed E-state index contributed by atoms with van der Waals surface area (Å²) >= 11 is 23.8. The molecule has 1 N–H and O–H groups in total. The van der Waals surface area contributed by atoms with E-state index < -0.39 is 0 Å². The van der Waals surface area contributed by atoms with Gasteiger partial charge in [-0.2, -0.15) is 0 Å². The summed E-state index contributed by atoms with van der Waals surface area (Å²) < 4.78 is 5.38. The van der Waals surface area contributed by atoms with Crippen LogP contribution in [-0.2, 0) is 4.79 Å². The molecule has 0 aliphatic rings. The zero-order chi connectivity index (χ0) is 17.0. The second-order valence-corrected chi connectivity index (χ2v) is 6.42. The molecule has 0 fully saturated rings. The van der Waals surface area contributed by atoms with E-state index in [9.17, 15) is 4.79 Å². The van der Waals surface area contributed by atoms with Gasteiger partial charge in [0, 0.05) is 11.1 Å². The molecule has 2 aromatic carbocycles. The maximum Gasteiger partial charge on any atom is 0.258 e. The number of ether oxygens (including phenoxy) is 1. The number of halogens is 4. The molecule has 0 unspecified atom stereocenters. The van der Waals surface area contributed by atoms with Crippen molar-refractivity contribution in [1.29, 1.82) is 0 Å². The lowest BCUT2D eigenvalue weighted by atomic mass is 10.1. The van der Waals surface area contributed by atoms with Gasteiger partial charge in [-0.3, -0.25) is 4.79 Å². The van der Waals surface area contributed by atoms with Crippen LogP contribution in [0.4, 0.5) is 0 Å². The quantitative estimate of drug-likeness (QED) is 0.676. The summed E-state index contributed by atoms with van der Waals surface area (Å²) in [5, 5.41) is 4.30. The lowest BCUT2D eigenvalue weighted by Gasteiger charge is -2.16. The Morgan fingerprint density at radius 1 is 1.04 bits per heavy atom. The Morgan fingerprint density at radius 3 is 2.39 bits per heavy atom. The first-order valence-electron chi connectivity index (χ1n) is 6.69. The first kappa shape index (κ1) is 18.2. The number of hydrogen-bond acceptors (Lipinski definition) is 2. The molecule has 0 saturated heterocycles. The van der Waals surface area contributed by atoms with E-state index in [1.807, 2.05) is 25.1 Å². The van der Waals surface area contributed by atoms with E-state index in [1.54, 1.807) is 6.07 Å². The largest absolute Gasteiger partial charge is 0.482 e. The lowest BCUT2D eigenvalue weighted by Crippen LogP contribution is -2.31. The highest BCUT2D eigenvalue weighted by Gasteiger charge is 2.14. The fraction of sp³-hybridized carbons (Fsp3) is 0.188. The first-order valence-corrected chi connectivity index (χ1v) is 8.21. The molecule has 2 aromatic rings. The third-order valence-corrected chi connectivity index (χ3v) is 4.44. The number of amides is 1. The van der Waals surface area contributed by atoms with Crippen LogP contribution < -0.4 is 10.1 Å². The lowest BCUT2D eigenvalue weighted by molar-refractivity contribution is -0.123. The Hall–Kier alpha value is -1.13. The van der Waals surface area contributed by atoms with E-state index in [-0.39, 0.29) is 23.6 Å². The van der Waals surface area contributed by atoms with Crippen LogP contribution in [0.2, 0.25) is 20.1 Å². The van der Waals surface area contributed by atoms with E-state index in [0.29, 0.717) is 20.8 Å². The average Bonchev–Trinajstić information content (AvgIpc) is 2.50. The van der Waals surface area contributed by atoms with Crippen LogP contribution in [0.15, 0.2) is 36.4 Å². The predicted octanol–water partition coefficient (Wildman–Crippen LogP) is 5.56. The van der Waals surface area contributed by atoms with Gasteiger partial charge in [0.1, 0.15) is 5.75 Å². The van der Waals surface area contributed by atoms with Crippen molar-refractivity contribution in [3.05, 3.63) is 62.1 Å². The minimum absolute atomic E-state index is 0.202. The van der Waals surface area contributed by atoms with E-state index in [2.05, 4.69) is 5.32 Å². The number of carbonyl (C=O) groups excluding carboxylic acids is 1. The Morgan fingerprint density at radius 2 is 1.70 bits per heavy atom. The van der Waals surface area contributed by atoms with Crippen molar-refractivity contribution < 1.29 is 9.53 Å². The highest BCUT2D eigenvalue weighted by molar-refractivity contribution is 6.43. The van der Waals surface area contributed by atoms with Gasteiger partial charge in [-0.15, -0.1) is 0 Å². The zero-order valence-electron chi connectivity index (χ0n) is 12.1. The number of rotatable bonds is 5. The summed E-state index contributed by atoms with van der Waals surface area (Å²) in [4.78, 5) is 12.0. The molecule has 0 radical (unpaired) electrons. The second kappa shape index (κ2) is 8.11. The molecule has 1 amide bonds. The van der Waals surface area contributed by atoms with Crippen LogP contribution in [0.1, 0.15) is 18.5 Å². The van der Waals surface area contributed by atoms with Crippen LogP contribution >= 0.6 is 46.4 Å². The molecule has 0 bridgehead atoms.